The second-order valence-electron chi connectivity index (χ2n) is 4.74. The average Bonchev–Trinajstić information content (AvgIpc) is 3.02. The first kappa shape index (κ1) is 16.0. The smallest absolute Gasteiger partial charge is 0.263 e. The molecule has 0 aliphatic rings. The van der Waals surface area contributed by atoms with Crippen LogP contribution in [0.1, 0.15) is 5.82 Å². The van der Waals surface area contributed by atoms with E-state index in [-0.39, 0.29) is 0 Å². The summed E-state index contributed by atoms with van der Waals surface area (Å²) in [5, 5.41) is 7.38. The Bertz CT molecular complexity index is 868. The molecule has 1 N–H and O–H groups in total. The zero-order valence-electron chi connectivity index (χ0n) is 13.2. The predicted molar refractivity (Wildman–Crippen MR) is 87.9 cm³/mol. The van der Waals surface area contributed by atoms with E-state index in [1.54, 1.807) is 32.4 Å². The number of ether oxygens (including phenoxy) is 2. The summed E-state index contributed by atoms with van der Waals surface area (Å²) < 4.78 is 15.8. The van der Waals surface area contributed by atoms with Crippen molar-refractivity contribution in [3.8, 4) is 23.0 Å². The highest BCUT2D eigenvalue weighted by Gasteiger charge is 2.16. The second kappa shape index (κ2) is 6.71. The number of methoxy groups -OCH3 is 2. The molecule has 0 aliphatic carbocycles. The van der Waals surface area contributed by atoms with E-state index in [1.807, 2.05) is 0 Å². The zero-order valence-corrected chi connectivity index (χ0v) is 14.0. The molecule has 3 aromatic rings. The summed E-state index contributed by atoms with van der Waals surface area (Å²) in [6.45, 7) is 1.73. The summed E-state index contributed by atoms with van der Waals surface area (Å²) >= 11 is 6.12. The minimum Gasteiger partial charge on any atom is -0.495 e. The van der Waals surface area contributed by atoms with E-state index in [9.17, 15) is 0 Å². The van der Waals surface area contributed by atoms with Crippen molar-refractivity contribution in [3.05, 3.63) is 35.5 Å². The van der Waals surface area contributed by atoms with Crippen LogP contribution in [0.4, 0.5) is 11.5 Å². The Morgan fingerprint density at radius 1 is 1.17 bits per heavy atom. The number of hydrogen-bond acceptors (Lipinski definition) is 8. The summed E-state index contributed by atoms with van der Waals surface area (Å²) in [5.74, 6) is 2.36. The molecular formula is C15H14ClN5O3. The lowest BCUT2D eigenvalue weighted by Gasteiger charge is -2.14. The SMILES string of the molecule is COc1cc(Nc2ncncc2-c2nc(C)no2)c(OC)cc1Cl. The molecule has 3 rings (SSSR count). The average molecular weight is 348 g/mol. The second-order valence-corrected chi connectivity index (χ2v) is 5.15. The monoisotopic (exact) mass is 347 g/mol. The molecule has 0 spiro atoms. The van der Waals surface area contributed by atoms with Crippen LogP contribution in [0.3, 0.4) is 0 Å². The molecule has 0 bridgehead atoms. The Balaban J connectivity index is 2.03. The highest BCUT2D eigenvalue weighted by molar-refractivity contribution is 6.32. The van der Waals surface area contributed by atoms with Gasteiger partial charge in [0.15, 0.2) is 5.82 Å². The maximum Gasteiger partial charge on any atom is 0.263 e. The third-order valence-corrected chi connectivity index (χ3v) is 3.49. The number of anilines is 2. The van der Waals surface area contributed by atoms with Crippen LogP contribution in [0.2, 0.25) is 5.02 Å². The van der Waals surface area contributed by atoms with Crippen LogP contribution >= 0.6 is 11.6 Å². The maximum absolute atomic E-state index is 6.12. The van der Waals surface area contributed by atoms with Crippen molar-refractivity contribution in [2.24, 2.45) is 0 Å². The van der Waals surface area contributed by atoms with Crippen LogP contribution in [0.5, 0.6) is 11.5 Å². The van der Waals surface area contributed by atoms with Crippen molar-refractivity contribution in [3.63, 3.8) is 0 Å². The lowest BCUT2D eigenvalue weighted by atomic mass is 10.2. The van der Waals surface area contributed by atoms with Crippen LogP contribution in [-0.4, -0.2) is 34.3 Å². The van der Waals surface area contributed by atoms with Crippen molar-refractivity contribution in [2.45, 2.75) is 6.92 Å². The molecule has 0 atom stereocenters. The number of nitrogens with one attached hydrogen (secondary N) is 1. The number of rotatable bonds is 5. The lowest BCUT2D eigenvalue weighted by molar-refractivity contribution is 0.405. The highest BCUT2D eigenvalue weighted by Crippen LogP contribution is 2.38. The van der Waals surface area contributed by atoms with E-state index in [2.05, 4.69) is 25.4 Å². The third kappa shape index (κ3) is 3.09. The van der Waals surface area contributed by atoms with Crippen LogP contribution in [0.15, 0.2) is 29.2 Å². The number of benzene rings is 1. The Morgan fingerprint density at radius 3 is 2.62 bits per heavy atom. The van der Waals surface area contributed by atoms with E-state index in [4.69, 9.17) is 25.6 Å². The van der Waals surface area contributed by atoms with Crippen LogP contribution in [0.25, 0.3) is 11.5 Å². The minimum atomic E-state index is 0.315. The Hall–Kier alpha value is -2.87. The summed E-state index contributed by atoms with van der Waals surface area (Å²) in [5.41, 5.74) is 1.18. The molecule has 2 aromatic heterocycles. The Labute approximate surface area is 142 Å². The van der Waals surface area contributed by atoms with Gasteiger partial charge in [0.05, 0.1) is 24.9 Å². The number of hydrogen-bond donors (Lipinski definition) is 1. The van der Waals surface area contributed by atoms with Crippen molar-refractivity contribution in [1.29, 1.82) is 0 Å². The van der Waals surface area contributed by atoms with Gasteiger partial charge in [-0.1, -0.05) is 16.8 Å². The van der Waals surface area contributed by atoms with Gasteiger partial charge >= 0.3 is 0 Å². The van der Waals surface area contributed by atoms with Gasteiger partial charge in [0.1, 0.15) is 29.2 Å². The zero-order chi connectivity index (χ0) is 17.1. The van der Waals surface area contributed by atoms with Crippen molar-refractivity contribution in [1.82, 2.24) is 20.1 Å². The fourth-order valence-corrected chi connectivity index (χ4v) is 2.31. The van der Waals surface area contributed by atoms with Crippen LogP contribution in [-0.2, 0) is 0 Å². The molecule has 9 heteroatoms. The van der Waals surface area contributed by atoms with Gasteiger partial charge in [0.2, 0.25) is 0 Å². The molecule has 0 fully saturated rings. The fourth-order valence-electron chi connectivity index (χ4n) is 2.08. The first-order valence-corrected chi connectivity index (χ1v) is 7.29. The van der Waals surface area contributed by atoms with E-state index in [1.165, 1.54) is 13.4 Å². The van der Waals surface area contributed by atoms with Gasteiger partial charge in [0, 0.05) is 18.3 Å². The van der Waals surface area contributed by atoms with Crippen LogP contribution in [0, 0.1) is 6.92 Å². The Morgan fingerprint density at radius 2 is 1.96 bits per heavy atom. The van der Waals surface area contributed by atoms with Gasteiger partial charge in [-0.3, -0.25) is 0 Å². The first-order chi connectivity index (χ1) is 11.6. The van der Waals surface area contributed by atoms with Gasteiger partial charge < -0.3 is 19.3 Å². The summed E-state index contributed by atoms with van der Waals surface area (Å²) in [6.07, 6.45) is 3.00. The molecule has 0 saturated heterocycles. The first-order valence-electron chi connectivity index (χ1n) is 6.91. The molecule has 124 valence electrons. The van der Waals surface area contributed by atoms with Crippen molar-refractivity contribution >= 4 is 23.1 Å². The van der Waals surface area contributed by atoms with Gasteiger partial charge in [-0.15, -0.1) is 0 Å². The predicted octanol–water partition coefficient (Wildman–Crippen LogP) is 3.25. The number of aryl methyl sites for hydroxylation is 1. The topological polar surface area (TPSA) is 95.2 Å². The van der Waals surface area contributed by atoms with Gasteiger partial charge in [-0.05, 0) is 6.92 Å². The van der Waals surface area contributed by atoms with E-state index >= 15 is 0 Å². The van der Waals surface area contributed by atoms with Gasteiger partial charge in [-0.25, -0.2) is 9.97 Å². The normalized spacial score (nSPS) is 10.5. The molecule has 2 heterocycles. The molecule has 1 aromatic carbocycles. The molecule has 0 amide bonds. The van der Waals surface area contributed by atoms with Gasteiger partial charge in [0.25, 0.3) is 5.89 Å². The lowest BCUT2D eigenvalue weighted by Crippen LogP contribution is -2.00. The molecule has 0 radical (unpaired) electrons. The van der Waals surface area contributed by atoms with E-state index < -0.39 is 0 Å². The fraction of sp³-hybridized carbons (Fsp3) is 0.200. The minimum absolute atomic E-state index is 0.315. The van der Waals surface area contributed by atoms with Crippen molar-refractivity contribution < 1.29 is 14.0 Å². The summed E-state index contributed by atoms with van der Waals surface area (Å²) in [7, 11) is 3.08. The van der Waals surface area contributed by atoms with Gasteiger partial charge in [-0.2, -0.15) is 4.98 Å². The molecule has 8 nitrogen and oxygen atoms in total. The number of halogens is 1. The molecule has 0 saturated carbocycles. The van der Waals surface area contributed by atoms with E-state index in [0.717, 1.165) is 0 Å². The quantitative estimate of drug-likeness (QED) is 0.751. The highest BCUT2D eigenvalue weighted by atomic mass is 35.5. The Kier molecular flexibility index (Phi) is 4.48. The van der Waals surface area contributed by atoms with Crippen LogP contribution < -0.4 is 14.8 Å². The van der Waals surface area contributed by atoms with Crippen molar-refractivity contribution in [2.75, 3.05) is 19.5 Å². The molecule has 0 aliphatic heterocycles. The summed E-state index contributed by atoms with van der Waals surface area (Å²) in [6, 6.07) is 3.37. The van der Waals surface area contributed by atoms with E-state index in [0.29, 0.717) is 45.3 Å². The molecule has 24 heavy (non-hydrogen) atoms. The number of aromatic nitrogens is 4. The molecule has 0 unspecified atom stereocenters. The summed E-state index contributed by atoms with van der Waals surface area (Å²) in [4.78, 5) is 12.4. The molecular weight excluding hydrogens is 334 g/mol. The third-order valence-electron chi connectivity index (χ3n) is 3.20. The standard InChI is InChI=1S/C15H14ClN5O3/c1-8-19-15(24-21-8)9-6-17-7-18-14(9)20-11-5-12(22-2)10(16)4-13(11)23-3/h4-7H,1-3H3,(H,17,18,20). The maximum atomic E-state index is 6.12. The largest absolute Gasteiger partial charge is 0.495 e. The number of nitrogens with zero attached hydrogens (tertiary/aromatic N) is 4.